The molecule has 7 heteroatoms. The van der Waals surface area contributed by atoms with E-state index in [0.717, 1.165) is 38.0 Å². The Hall–Kier alpha value is -2.25. The summed E-state index contributed by atoms with van der Waals surface area (Å²) in [6.07, 6.45) is 5.91. The van der Waals surface area contributed by atoms with Crippen LogP contribution in [0.25, 0.3) is 5.69 Å². The molecule has 1 aromatic heterocycles. The van der Waals surface area contributed by atoms with Crippen LogP contribution in [0.3, 0.4) is 0 Å². The van der Waals surface area contributed by atoms with Gasteiger partial charge in [0.15, 0.2) is 0 Å². The van der Waals surface area contributed by atoms with E-state index in [1.807, 2.05) is 12.3 Å². The summed E-state index contributed by atoms with van der Waals surface area (Å²) < 4.78 is 15.0. The Morgan fingerprint density at radius 1 is 1.40 bits per heavy atom. The third kappa shape index (κ3) is 4.05. The number of benzene rings is 1. The van der Waals surface area contributed by atoms with Gasteiger partial charge in [0.2, 0.25) is 5.91 Å². The summed E-state index contributed by atoms with van der Waals surface area (Å²) in [6, 6.07) is 6.59. The Morgan fingerprint density at radius 3 is 3.08 bits per heavy atom. The minimum atomic E-state index is -0.277. The van der Waals surface area contributed by atoms with E-state index < -0.39 is 0 Å². The average molecular weight is 343 g/mol. The van der Waals surface area contributed by atoms with E-state index in [1.165, 1.54) is 12.1 Å². The second-order valence-corrected chi connectivity index (χ2v) is 6.80. The van der Waals surface area contributed by atoms with Crippen molar-refractivity contribution in [1.82, 2.24) is 25.3 Å². The lowest BCUT2D eigenvalue weighted by Crippen LogP contribution is -2.57. The molecule has 0 radical (unpaired) electrons. The molecular weight excluding hydrogens is 321 g/mol. The van der Waals surface area contributed by atoms with Crippen LogP contribution in [-0.2, 0) is 11.3 Å². The molecule has 2 N–H and O–H groups in total. The van der Waals surface area contributed by atoms with Gasteiger partial charge in [0.05, 0.1) is 17.9 Å². The lowest BCUT2D eigenvalue weighted by atomic mass is 10.2. The van der Waals surface area contributed by atoms with Crippen molar-refractivity contribution in [1.29, 1.82) is 0 Å². The fourth-order valence-electron chi connectivity index (χ4n) is 3.12. The van der Waals surface area contributed by atoms with E-state index in [2.05, 4.69) is 20.6 Å². The van der Waals surface area contributed by atoms with Crippen LogP contribution < -0.4 is 10.6 Å². The van der Waals surface area contributed by atoms with Gasteiger partial charge in [-0.15, -0.1) is 0 Å². The molecule has 6 nitrogen and oxygen atoms in total. The highest BCUT2D eigenvalue weighted by Gasteiger charge is 2.30. The maximum Gasteiger partial charge on any atom is 0.238 e. The number of carbonyl (C=O) groups is 1. The molecule has 2 aromatic rings. The van der Waals surface area contributed by atoms with Crippen molar-refractivity contribution in [3.63, 3.8) is 0 Å². The second kappa shape index (κ2) is 6.93. The van der Waals surface area contributed by atoms with E-state index in [-0.39, 0.29) is 17.8 Å². The van der Waals surface area contributed by atoms with Gasteiger partial charge >= 0.3 is 0 Å². The molecule has 1 atom stereocenters. The molecule has 2 aliphatic rings. The molecule has 2 heterocycles. The van der Waals surface area contributed by atoms with Crippen molar-refractivity contribution in [2.24, 2.45) is 0 Å². The summed E-state index contributed by atoms with van der Waals surface area (Å²) in [5.41, 5.74) is 1.75. The lowest BCUT2D eigenvalue weighted by Gasteiger charge is -2.32. The number of amides is 1. The van der Waals surface area contributed by atoms with Crippen molar-refractivity contribution in [3.8, 4) is 5.69 Å². The number of hydrogen-bond donors (Lipinski definition) is 2. The quantitative estimate of drug-likeness (QED) is 0.852. The maximum atomic E-state index is 13.4. The molecule has 0 spiro atoms. The van der Waals surface area contributed by atoms with Crippen LogP contribution in [0.15, 0.2) is 36.7 Å². The summed E-state index contributed by atoms with van der Waals surface area (Å²) >= 11 is 0. The Kier molecular flexibility index (Phi) is 4.50. The zero-order valence-corrected chi connectivity index (χ0v) is 14.0. The van der Waals surface area contributed by atoms with Crippen LogP contribution in [-0.4, -0.2) is 52.3 Å². The van der Waals surface area contributed by atoms with Crippen molar-refractivity contribution < 1.29 is 9.18 Å². The van der Waals surface area contributed by atoms with Crippen LogP contribution in [0.4, 0.5) is 4.39 Å². The summed E-state index contributed by atoms with van der Waals surface area (Å²) in [5.74, 6) is -0.177. The van der Waals surface area contributed by atoms with Gasteiger partial charge in [-0.1, -0.05) is 6.07 Å². The van der Waals surface area contributed by atoms with Gasteiger partial charge in [0, 0.05) is 44.0 Å². The molecule has 1 aromatic carbocycles. The standard InChI is InChI=1S/C18H22FN5O/c19-14-2-1-3-16(8-14)24-11-13(9-21-24)10-23-7-6-20-17(12-23)18(25)22-15-4-5-15/h1-3,8-9,11,15,17,20H,4-7,10,12H2,(H,22,25)/t17-/m1/s1. The molecular formula is C18H22FN5O. The maximum absolute atomic E-state index is 13.4. The van der Waals surface area contributed by atoms with Crippen LogP contribution in [0, 0.1) is 5.82 Å². The topological polar surface area (TPSA) is 62.2 Å². The van der Waals surface area contributed by atoms with Crippen molar-refractivity contribution in [2.45, 2.75) is 31.5 Å². The number of carbonyl (C=O) groups excluding carboxylic acids is 1. The van der Waals surface area contributed by atoms with E-state index in [9.17, 15) is 9.18 Å². The number of piperazine rings is 1. The molecule has 132 valence electrons. The minimum Gasteiger partial charge on any atom is -0.352 e. The fraction of sp³-hybridized carbons (Fsp3) is 0.444. The average Bonchev–Trinajstić information content (AvgIpc) is 3.30. The summed E-state index contributed by atoms with van der Waals surface area (Å²) in [7, 11) is 0. The minimum absolute atomic E-state index is 0.0997. The Morgan fingerprint density at radius 2 is 2.28 bits per heavy atom. The van der Waals surface area contributed by atoms with Crippen LogP contribution in [0.5, 0.6) is 0 Å². The number of nitrogens with zero attached hydrogens (tertiary/aromatic N) is 3. The summed E-state index contributed by atoms with van der Waals surface area (Å²) in [6.45, 7) is 3.09. The number of hydrogen-bond acceptors (Lipinski definition) is 4. The van der Waals surface area contributed by atoms with Gasteiger partial charge in [0.25, 0.3) is 0 Å². The smallest absolute Gasteiger partial charge is 0.238 e. The Balaban J connectivity index is 1.37. The number of aromatic nitrogens is 2. The van der Waals surface area contributed by atoms with Gasteiger partial charge in [-0.3, -0.25) is 9.69 Å². The van der Waals surface area contributed by atoms with Crippen molar-refractivity contribution in [2.75, 3.05) is 19.6 Å². The molecule has 0 bridgehead atoms. The largest absolute Gasteiger partial charge is 0.352 e. The highest BCUT2D eigenvalue weighted by atomic mass is 19.1. The molecule has 1 aliphatic heterocycles. The summed E-state index contributed by atoms with van der Waals surface area (Å²) in [5, 5.41) is 10.7. The molecule has 25 heavy (non-hydrogen) atoms. The molecule has 1 amide bonds. The predicted octanol–water partition coefficient (Wildman–Crippen LogP) is 1.06. The van der Waals surface area contributed by atoms with E-state index >= 15 is 0 Å². The highest BCUT2D eigenvalue weighted by Crippen LogP contribution is 2.19. The van der Waals surface area contributed by atoms with E-state index in [1.54, 1.807) is 16.9 Å². The van der Waals surface area contributed by atoms with Crippen LogP contribution in [0.2, 0.25) is 0 Å². The monoisotopic (exact) mass is 343 g/mol. The highest BCUT2D eigenvalue weighted by molar-refractivity contribution is 5.82. The zero-order valence-electron chi connectivity index (χ0n) is 14.0. The number of nitrogens with one attached hydrogen (secondary N) is 2. The van der Waals surface area contributed by atoms with Gasteiger partial charge in [-0.25, -0.2) is 9.07 Å². The fourth-order valence-corrected chi connectivity index (χ4v) is 3.12. The Bertz CT molecular complexity index is 757. The predicted molar refractivity (Wildman–Crippen MR) is 91.8 cm³/mol. The van der Waals surface area contributed by atoms with Crippen molar-refractivity contribution in [3.05, 3.63) is 48.0 Å². The Labute approximate surface area is 146 Å². The third-order valence-corrected chi connectivity index (χ3v) is 4.61. The molecule has 1 saturated carbocycles. The molecule has 1 saturated heterocycles. The first kappa shape index (κ1) is 16.2. The van der Waals surface area contributed by atoms with Gasteiger partial charge in [-0.05, 0) is 31.0 Å². The molecule has 1 aliphatic carbocycles. The lowest BCUT2D eigenvalue weighted by molar-refractivity contribution is -0.124. The number of halogens is 1. The third-order valence-electron chi connectivity index (χ3n) is 4.61. The van der Waals surface area contributed by atoms with Crippen molar-refractivity contribution >= 4 is 5.91 Å². The first-order valence-corrected chi connectivity index (χ1v) is 8.73. The SMILES string of the molecule is O=C(NC1CC1)[C@H]1CN(Cc2cnn(-c3cccc(F)c3)c2)CCN1. The first-order valence-electron chi connectivity index (χ1n) is 8.73. The molecule has 4 rings (SSSR count). The summed E-state index contributed by atoms with van der Waals surface area (Å²) in [4.78, 5) is 14.5. The first-order chi connectivity index (χ1) is 12.2. The molecule has 0 unspecified atom stereocenters. The van der Waals surface area contributed by atoms with Gasteiger partial charge in [-0.2, -0.15) is 5.10 Å². The van der Waals surface area contributed by atoms with Gasteiger partial charge in [0.1, 0.15) is 5.82 Å². The number of rotatable bonds is 5. The zero-order chi connectivity index (χ0) is 17.2. The van der Waals surface area contributed by atoms with Crippen LogP contribution >= 0.6 is 0 Å². The van der Waals surface area contributed by atoms with Gasteiger partial charge < -0.3 is 10.6 Å². The van der Waals surface area contributed by atoms with Crippen LogP contribution in [0.1, 0.15) is 18.4 Å². The van der Waals surface area contributed by atoms with E-state index in [0.29, 0.717) is 18.3 Å². The normalized spacial score (nSPS) is 21.2. The molecule has 2 fully saturated rings. The van der Waals surface area contributed by atoms with E-state index in [4.69, 9.17) is 0 Å². The second-order valence-electron chi connectivity index (χ2n) is 6.80.